The van der Waals surface area contributed by atoms with Gasteiger partial charge in [-0.15, -0.1) is 0 Å². The van der Waals surface area contributed by atoms with Crippen molar-refractivity contribution < 1.29 is 0 Å². The molecule has 1 aromatic heterocycles. The minimum Gasteiger partial charge on any atom is -0.330 e. The third kappa shape index (κ3) is 1.89. The summed E-state index contributed by atoms with van der Waals surface area (Å²) < 4.78 is 0. The van der Waals surface area contributed by atoms with Gasteiger partial charge in [-0.2, -0.15) is 5.26 Å². The van der Waals surface area contributed by atoms with Gasteiger partial charge in [-0.25, -0.2) is 4.98 Å². The summed E-state index contributed by atoms with van der Waals surface area (Å²) in [5.74, 6) is 0.748. The van der Waals surface area contributed by atoms with Gasteiger partial charge < -0.3 is 4.98 Å². The second kappa shape index (κ2) is 3.58. The van der Waals surface area contributed by atoms with E-state index < -0.39 is 0 Å². The Morgan fingerprint density at radius 3 is 2.40 bits per heavy atom. The molecule has 0 bridgehead atoms. The van der Waals surface area contributed by atoms with E-state index in [4.69, 9.17) is 5.26 Å². The number of aryl methyl sites for hydroxylation is 2. The molecule has 3 heteroatoms. The van der Waals surface area contributed by atoms with Crippen LogP contribution in [0.5, 0.6) is 0 Å². The fourth-order valence-electron chi connectivity index (χ4n) is 1.64. The van der Waals surface area contributed by atoms with E-state index in [-0.39, 0.29) is 0 Å². The Kier molecular flexibility index (Phi) is 2.26. The molecular formula is C12H11N3. The first kappa shape index (κ1) is 9.47. The highest BCUT2D eigenvalue weighted by molar-refractivity contribution is 5.58. The van der Waals surface area contributed by atoms with Gasteiger partial charge in [0.2, 0.25) is 0 Å². The van der Waals surface area contributed by atoms with Gasteiger partial charge in [-0.05, 0) is 26.0 Å². The molecule has 0 amide bonds. The van der Waals surface area contributed by atoms with E-state index in [0.29, 0.717) is 5.69 Å². The molecule has 0 aliphatic heterocycles. The second-order valence-corrected chi connectivity index (χ2v) is 3.63. The molecule has 0 radical (unpaired) electrons. The maximum Gasteiger partial charge on any atom is 0.138 e. The van der Waals surface area contributed by atoms with E-state index in [1.165, 1.54) is 11.1 Å². The molecule has 1 aromatic carbocycles. The maximum atomic E-state index is 8.69. The molecule has 0 saturated carbocycles. The number of hydrogen-bond acceptors (Lipinski definition) is 2. The highest BCUT2D eigenvalue weighted by atomic mass is 14.9. The van der Waals surface area contributed by atoms with Crippen molar-refractivity contribution in [2.45, 2.75) is 13.8 Å². The van der Waals surface area contributed by atoms with Crippen molar-refractivity contribution in [2.75, 3.05) is 0 Å². The number of nitrogens with one attached hydrogen (secondary N) is 1. The van der Waals surface area contributed by atoms with E-state index in [0.717, 1.165) is 11.4 Å². The number of rotatable bonds is 1. The smallest absolute Gasteiger partial charge is 0.138 e. The normalized spacial score (nSPS) is 9.93. The standard InChI is InChI=1S/C12H11N3/c1-8-3-9(2)5-10(4-8)12-14-7-11(6-13)15-12/h3-5,7H,1-2H3,(H,14,15). The van der Waals surface area contributed by atoms with Crippen molar-refractivity contribution in [1.29, 1.82) is 5.26 Å². The van der Waals surface area contributed by atoms with Crippen LogP contribution >= 0.6 is 0 Å². The number of aromatic nitrogens is 2. The summed E-state index contributed by atoms with van der Waals surface area (Å²) in [4.78, 5) is 7.12. The highest BCUT2D eigenvalue weighted by Crippen LogP contribution is 2.18. The van der Waals surface area contributed by atoms with Gasteiger partial charge in [0.15, 0.2) is 0 Å². The molecule has 74 valence electrons. The predicted molar refractivity (Wildman–Crippen MR) is 58.2 cm³/mol. The fraction of sp³-hybridized carbons (Fsp3) is 0.167. The highest BCUT2D eigenvalue weighted by Gasteiger charge is 2.03. The van der Waals surface area contributed by atoms with E-state index in [9.17, 15) is 0 Å². The van der Waals surface area contributed by atoms with Crippen LogP contribution in [0.4, 0.5) is 0 Å². The van der Waals surface area contributed by atoms with Gasteiger partial charge in [0, 0.05) is 5.56 Å². The quantitative estimate of drug-likeness (QED) is 0.763. The van der Waals surface area contributed by atoms with Crippen molar-refractivity contribution in [3.63, 3.8) is 0 Å². The van der Waals surface area contributed by atoms with Gasteiger partial charge in [0.25, 0.3) is 0 Å². The molecule has 0 unspecified atom stereocenters. The van der Waals surface area contributed by atoms with Gasteiger partial charge in [-0.3, -0.25) is 0 Å². The Labute approximate surface area is 88.4 Å². The maximum absolute atomic E-state index is 8.69. The lowest BCUT2D eigenvalue weighted by Gasteiger charge is -2.01. The van der Waals surface area contributed by atoms with Gasteiger partial charge >= 0.3 is 0 Å². The molecule has 0 fully saturated rings. The molecule has 1 heterocycles. The summed E-state index contributed by atoms with van der Waals surface area (Å²) in [5, 5.41) is 8.69. The molecule has 0 spiro atoms. The summed E-state index contributed by atoms with van der Waals surface area (Å²) in [6.45, 7) is 4.09. The summed E-state index contributed by atoms with van der Waals surface area (Å²) >= 11 is 0. The monoisotopic (exact) mass is 197 g/mol. The number of nitrogens with zero attached hydrogens (tertiary/aromatic N) is 2. The molecule has 0 atom stereocenters. The van der Waals surface area contributed by atoms with Crippen molar-refractivity contribution in [1.82, 2.24) is 9.97 Å². The first-order valence-electron chi connectivity index (χ1n) is 4.73. The van der Waals surface area contributed by atoms with Crippen LogP contribution in [-0.4, -0.2) is 9.97 Å². The largest absolute Gasteiger partial charge is 0.330 e. The van der Waals surface area contributed by atoms with Gasteiger partial charge in [-0.1, -0.05) is 17.2 Å². The zero-order chi connectivity index (χ0) is 10.8. The Morgan fingerprint density at radius 1 is 1.20 bits per heavy atom. The third-order valence-corrected chi connectivity index (χ3v) is 2.19. The van der Waals surface area contributed by atoms with Crippen molar-refractivity contribution in [3.8, 4) is 17.5 Å². The molecular weight excluding hydrogens is 186 g/mol. The lowest BCUT2D eigenvalue weighted by atomic mass is 10.1. The second-order valence-electron chi connectivity index (χ2n) is 3.63. The van der Waals surface area contributed by atoms with Crippen molar-refractivity contribution >= 4 is 0 Å². The summed E-state index contributed by atoms with van der Waals surface area (Å²) in [6, 6.07) is 8.23. The minimum absolute atomic E-state index is 0.490. The van der Waals surface area contributed by atoms with Crippen molar-refractivity contribution in [3.05, 3.63) is 41.2 Å². The molecule has 0 aliphatic rings. The summed E-state index contributed by atoms with van der Waals surface area (Å²) in [5.41, 5.74) is 3.90. The van der Waals surface area contributed by atoms with Crippen LogP contribution in [0.25, 0.3) is 11.4 Å². The van der Waals surface area contributed by atoms with E-state index in [1.54, 1.807) is 6.20 Å². The van der Waals surface area contributed by atoms with Crippen LogP contribution in [0.1, 0.15) is 16.8 Å². The lowest BCUT2D eigenvalue weighted by Crippen LogP contribution is -1.84. The molecule has 0 saturated heterocycles. The van der Waals surface area contributed by atoms with E-state index in [1.807, 2.05) is 32.0 Å². The molecule has 2 aromatic rings. The van der Waals surface area contributed by atoms with Crippen LogP contribution in [-0.2, 0) is 0 Å². The average Bonchev–Trinajstić information content (AvgIpc) is 2.64. The molecule has 15 heavy (non-hydrogen) atoms. The van der Waals surface area contributed by atoms with Crippen LogP contribution in [0, 0.1) is 25.2 Å². The van der Waals surface area contributed by atoms with Crippen molar-refractivity contribution in [2.24, 2.45) is 0 Å². The number of benzene rings is 1. The molecule has 2 rings (SSSR count). The number of nitriles is 1. The topological polar surface area (TPSA) is 52.5 Å². The molecule has 3 nitrogen and oxygen atoms in total. The van der Waals surface area contributed by atoms with Gasteiger partial charge in [0.05, 0.1) is 6.20 Å². The Hall–Kier alpha value is -2.08. The molecule has 0 aliphatic carbocycles. The number of aromatic amines is 1. The minimum atomic E-state index is 0.490. The summed E-state index contributed by atoms with van der Waals surface area (Å²) in [7, 11) is 0. The van der Waals surface area contributed by atoms with Crippen LogP contribution in [0.3, 0.4) is 0 Å². The Balaban J connectivity index is 2.50. The molecule has 1 N–H and O–H groups in total. The zero-order valence-corrected chi connectivity index (χ0v) is 8.70. The predicted octanol–water partition coefficient (Wildman–Crippen LogP) is 2.57. The number of H-pyrrole nitrogens is 1. The lowest BCUT2D eigenvalue weighted by molar-refractivity contribution is 1.27. The Bertz CT molecular complexity index is 512. The van der Waals surface area contributed by atoms with Crippen LogP contribution < -0.4 is 0 Å². The fourth-order valence-corrected chi connectivity index (χ4v) is 1.64. The summed E-state index contributed by atoms with van der Waals surface area (Å²) in [6.07, 6.45) is 1.55. The van der Waals surface area contributed by atoms with E-state index in [2.05, 4.69) is 16.0 Å². The van der Waals surface area contributed by atoms with Gasteiger partial charge in [0.1, 0.15) is 17.6 Å². The zero-order valence-electron chi connectivity index (χ0n) is 8.70. The first-order chi connectivity index (χ1) is 7.19. The number of imidazole rings is 1. The third-order valence-electron chi connectivity index (χ3n) is 2.19. The van der Waals surface area contributed by atoms with E-state index >= 15 is 0 Å². The van der Waals surface area contributed by atoms with Crippen LogP contribution in [0.15, 0.2) is 24.4 Å². The number of hydrogen-bond donors (Lipinski definition) is 1. The Morgan fingerprint density at radius 2 is 1.87 bits per heavy atom. The first-order valence-corrected chi connectivity index (χ1v) is 4.73. The van der Waals surface area contributed by atoms with Crippen LogP contribution in [0.2, 0.25) is 0 Å². The SMILES string of the molecule is Cc1cc(C)cc(-c2ncc(C#N)[nH]2)c1. The average molecular weight is 197 g/mol.